The maximum atomic E-state index is 14.3. The lowest BCUT2D eigenvalue weighted by molar-refractivity contribution is -0.392. The van der Waals surface area contributed by atoms with Crippen LogP contribution in [0.15, 0.2) is 30.0 Å². The normalized spacial score (nSPS) is 13.6. The van der Waals surface area contributed by atoms with Crippen LogP contribution in [0.3, 0.4) is 0 Å². The number of carbonyl (C=O) groups excluding carboxylic acids is 2. The van der Waals surface area contributed by atoms with E-state index in [9.17, 15) is 57.9 Å². The Balaban J connectivity index is 3.47. The summed E-state index contributed by atoms with van der Waals surface area (Å²) in [5.41, 5.74) is -1.13. The molecule has 7 nitrogen and oxygen atoms in total. The molecule has 0 aliphatic heterocycles. The molecule has 0 fully saturated rings. The number of ether oxygens (including phenoxy) is 3. The monoisotopic (exact) mass is 604 g/mol. The lowest BCUT2D eigenvalue weighted by Crippen LogP contribution is -2.61. The summed E-state index contributed by atoms with van der Waals surface area (Å²) in [6.45, 7) is 6.33. The third kappa shape index (κ3) is 8.27. The van der Waals surface area contributed by atoms with Gasteiger partial charge in [-0.3, -0.25) is 10.6 Å². The molecule has 0 aliphatic carbocycles. The van der Waals surface area contributed by atoms with Gasteiger partial charge in [-0.15, -0.1) is 0 Å². The average molecular weight is 604 g/mol. The highest BCUT2D eigenvalue weighted by atomic mass is 19.4. The van der Waals surface area contributed by atoms with E-state index < -0.39 is 65.1 Å². The molecular formula is C22H23F11N2O5. The average Bonchev–Trinajstić information content (AvgIpc) is 2.81. The molecule has 2 amide bonds. The topological polar surface area (TPSA) is 85.9 Å². The number of benzene rings is 1. The van der Waals surface area contributed by atoms with Crippen molar-refractivity contribution in [1.29, 1.82) is 0 Å². The Kier molecular flexibility index (Phi) is 11.1. The summed E-state index contributed by atoms with van der Waals surface area (Å²) in [7, 11) is 0. The molecule has 228 valence electrons. The summed E-state index contributed by atoms with van der Waals surface area (Å²) in [6, 6.07) is -1.09. The lowest BCUT2D eigenvalue weighted by atomic mass is 10.0. The highest BCUT2D eigenvalue weighted by Crippen LogP contribution is 2.56. The van der Waals surface area contributed by atoms with Crippen molar-refractivity contribution < 1.29 is 72.1 Å². The maximum Gasteiger partial charge on any atom is 0.460 e. The van der Waals surface area contributed by atoms with Gasteiger partial charge < -0.3 is 14.2 Å². The van der Waals surface area contributed by atoms with Gasteiger partial charge in [0.1, 0.15) is 0 Å². The van der Waals surface area contributed by atoms with E-state index in [4.69, 9.17) is 9.47 Å². The second-order valence-electron chi connectivity index (χ2n) is 8.86. The highest BCUT2D eigenvalue weighted by molar-refractivity contribution is 5.89. The minimum atomic E-state index is -7.52. The van der Waals surface area contributed by atoms with Gasteiger partial charge in [0, 0.05) is 11.8 Å². The first-order valence-electron chi connectivity index (χ1n) is 11.0. The van der Waals surface area contributed by atoms with Crippen molar-refractivity contribution in [3.63, 3.8) is 0 Å². The van der Waals surface area contributed by atoms with Crippen molar-refractivity contribution >= 4 is 23.6 Å². The van der Waals surface area contributed by atoms with Crippen LogP contribution in [0.5, 0.6) is 5.75 Å². The molecule has 0 bridgehead atoms. The number of halogens is 11. The molecule has 0 unspecified atom stereocenters. The number of alkyl halides is 9. The van der Waals surface area contributed by atoms with Crippen molar-refractivity contribution in [1.82, 2.24) is 0 Å². The van der Waals surface area contributed by atoms with E-state index in [0.29, 0.717) is 6.07 Å². The molecule has 40 heavy (non-hydrogen) atoms. The van der Waals surface area contributed by atoms with Crippen LogP contribution < -0.4 is 15.4 Å². The molecule has 1 aromatic rings. The number of nitrogens with one attached hydrogen (secondary N) is 2. The predicted molar refractivity (Wildman–Crippen MR) is 117 cm³/mol. The Labute approximate surface area is 219 Å². The minimum absolute atomic E-state index is 0.0923. The van der Waals surface area contributed by atoms with Crippen molar-refractivity contribution in [3.8, 4) is 5.75 Å². The van der Waals surface area contributed by atoms with Crippen LogP contribution in [0.25, 0.3) is 0 Å². The second-order valence-corrected chi connectivity index (χ2v) is 8.86. The predicted octanol–water partition coefficient (Wildman–Crippen LogP) is 8.05. The van der Waals surface area contributed by atoms with Crippen LogP contribution in [0.1, 0.15) is 27.7 Å². The van der Waals surface area contributed by atoms with E-state index >= 15 is 0 Å². The van der Waals surface area contributed by atoms with Gasteiger partial charge in [-0.1, -0.05) is 27.7 Å². The van der Waals surface area contributed by atoms with Crippen LogP contribution in [-0.4, -0.2) is 49.3 Å². The van der Waals surface area contributed by atoms with Crippen LogP contribution in [0.2, 0.25) is 0 Å². The molecule has 1 rings (SSSR count). The van der Waals surface area contributed by atoms with Crippen LogP contribution in [0, 0.1) is 11.8 Å². The Hall–Kier alpha value is -3.47. The van der Waals surface area contributed by atoms with Crippen LogP contribution in [0.4, 0.5) is 69.3 Å². The third-order valence-corrected chi connectivity index (χ3v) is 4.35. The maximum absolute atomic E-state index is 14.3. The van der Waals surface area contributed by atoms with Gasteiger partial charge in [0.05, 0.1) is 18.9 Å². The summed E-state index contributed by atoms with van der Waals surface area (Å²) < 4.78 is 159. The molecule has 0 heterocycles. The zero-order chi connectivity index (χ0) is 31.3. The number of carbonyl (C=O) groups is 2. The molecule has 0 spiro atoms. The van der Waals surface area contributed by atoms with Gasteiger partial charge >= 0.3 is 42.1 Å². The number of hydrogen-bond donors (Lipinski definition) is 2. The summed E-state index contributed by atoms with van der Waals surface area (Å²) in [6.07, 6.45) is -9.68. The number of anilines is 2. The van der Waals surface area contributed by atoms with E-state index in [-0.39, 0.29) is 25.0 Å². The SMILES string of the molecule is CC(C)COC(=O)Nc1ccc(NC(=O)OCC(C)C)c(OC(F)=C(F)C(F)(F)C(F)(F)C(F)(F)C(F)(F)F)c1. The molecule has 0 saturated heterocycles. The van der Waals surface area contributed by atoms with Gasteiger partial charge in [-0.05, 0) is 24.0 Å². The van der Waals surface area contributed by atoms with E-state index in [1.165, 1.54) is 0 Å². The van der Waals surface area contributed by atoms with Crippen LogP contribution >= 0.6 is 0 Å². The van der Waals surface area contributed by atoms with Gasteiger partial charge in [-0.2, -0.15) is 48.3 Å². The Morgan fingerprint density at radius 1 is 0.775 bits per heavy atom. The van der Waals surface area contributed by atoms with Gasteiger partial charge in [0.25, 0.3) is 0 Å². The standard InChI is InChI=1S/C22H23F11N2O5/c1-10(2)8-38-17(36)34-12-5-6-13(35-18(37)39-9-11(3)4)14(7-12)40-16(24)15(23)19(25,26)20(27,28)21(29,30)22(31,32)33/h5-7,10-11H,8-9H2,1-4H3,(H,34,36)(H,35,37). The molecular weight excluding hydrogens is 581 g/mol. The molecule has 18 heteroatoms. The highest BCUT2D eigenvalue weighted by Gasteiger charge is 2.83. The first-order chi connectivity index (χ1) is 18.0. The van der Waals surface area contributed by atoms with Crippen molar-refractivity contribution in [3.05, 3.63) is 30.0 Å². The van der Waals surface area contributed by atoms with E-state index in [2.05, 4.69) is 4.74 Å². The van der Waals surface area contributed by atoms with Gasteiger partial charge in [0.2, 0.25) is 5.83 Å². The summed E-state index contributed by atoms with van der Waals surface area (Å²) in [4.78, 5) is 23.8. The smallest absolute Gasteiger partial charge is 0.449 e. The molecule has 0 saturated carbocycles. The Morgan fingerprint density at radius 3 is 1.70 bits per heavy atom. The van der Waals surface area contributed by atoms with Gasteiger partial charge in [0.15, 0.2) is 5.75 Å². The zero-order valence-electron chi connectivity index (χ0n) is 21.0. The van der Waals surface area contributed by atoms with Crippen molar-refractivity contribution in [2.75, 3.05) is 23.8 Å². The fraction of sp³-hybridized carbons (Fsp3) is 0.545. The van der Waals surface area contributed by atoms with E-state index in [1.54, 1.807) is 27.7 Å². The first-order valence-corrected chi connectivity index (χ1v) is 11.0. The molecule has 1 aromatic carbocycles. The lowest BCUT2D eigenvalue weighted by Gasteiger charge is -2.32. The third-order valence-electron chi connectivity index (χ3n) is 4.35. The molecule has 0 radical (unpaired) electrons. The quantitative estimate of drug-likeness (QED) is 0.197. The molecule has 2 N–H and O–H groups in total. The molecule has 0 aliphatic rings. The first kappa shape index (κ1) is 34.6. The van der Waals surface area contributed by atoms with Crippen LogP contribution in [-0.2, 0) is 9.47 Å². The van der Waals surface area contributed by atoms with Gasteiger partial charge in [-0.25, -0.2) is 9.59 Å². The Bertz CT molecular complexity index is 1090. The van der Waals surface area contributed by atoms with Crippen molar-refractivity contribution in [2.24, 2.45) is 11.8 Å². The fourth-order valence-corrected chi connectivity index (χ4v) is 2.35. The second kappa shape index (κ2) is 12.8. The number of allylic oxidation sites excluding steroid dienone is 1. The largest absolute Gasteiger partial charge is 0.460 e. The number of hydrogen-bond acceptors (Lipinski definition) is 5. The molecule has 0 atom stereocenters. The fourth-order valence-electron chi connectivity index (χ4n) is 2.35. The minimum Gasteiger partial charge on any atom is -0.449 e. The Morgan fingerprint density at radius 2 is 1.25 bits per heavy atom. The zero-order valence-corrected chi connectivity index (χ0v) is 21.0. The van der Waals surface area contributed by atoms with Crippen molar-refractivity contribution in [2.45, 2.75) is 51.6 Å². The number of amides is 2. The number of rotatable bonds is 11. The molecule has 0 aromatic heterocycles. The summed E-state index contributed by atoms with van der Waals surface area (Å²) >= 11 is 0. The summed E-state index contributed by atoms with van der Waals surface area (Å²) in [5.74, 6) is -27.8. The van der Waals surface area contributed by atoms with E-state index in [0.717, 1.165) is 12.1 Å². The van der Waals surface area contributed by atoms with E-state index in [1.807, 2.05) is 10.6 Å². The summed E-state index contributed by atoms with van der Waals surface area (Å²) in [5, 5.41) is 3.94.